The van der Waals surface area contributed by atoms with Gasteiger partial charge in [-0.3, -0.25) is 9.59 Å². The van der Waals surface area contributed by atoms with E-state index in [-0.39, 0.29) is 11.8 Å². The van der Waals surface area contributed by atoms with Crippen molar-refractivity contribution in [3.63, 3.8) is 0 Å². The van der Waals surface area contributed by atoms with E-state index >= 15 is 0 Å². The average Bonchev–Trinajstić information content (AvgIpc) is 3.24. The second-order valence-electron chi connectivity index (χ2n) is 6.65. The number of aromatic nitrogens is 1. The lowest BCUT2D eigenvalue weighted by Crippen LogP contribution is -2.46. The molecule has 4 rings (SSSR count). The van der Waals surface area contributed by atoms with Gasteiger partial charge in [0.15, 0.2) is 0 Å². The highest BCUT2D eigenvalue weighted by Gasteiger charge is 2.39. The lowest BCUT2D eigenvalue weighted by atomic mass is 9.98. The van der Waals surface area contributed by atoms with Crippen LogP contribution >= 0.6 is 11.3 Å². The molecule has 6 nitrogen and oxygen atoms in total. The number of fused-ring (bicyclic) bond motifs is 1. The smallest absolute Gasteiger partial charge is 0.224 e. The average molecular weight is 356 g/mol. The first-order chi connectivity index (χ1) is 12.1. The molecular weight excluding hydrogens is 336 g/mol. The van der Waals surface area contributed by atoms with Crippen molar-refractivity contribution in [1.82, 2.24) is 15.6 Å². The summed E-state index contributed by atoms with van der Waals surface area (Å²) in [4.78, 5) is 28.0. The maximum absolute atomic E-state index is 11.6. The van der Waals surface area contributed by atoms with Crippen molar-refractivity contribution in [1.29, 1.82) is 0 Å². The van der Waals surface area contributed by atoms with E-state index in [1.54, 1.807) is 18.3 Å². The van der Waals surface area contributed by atoms with Crippen molar-refractivity contribution >= 4 is 28.8 Å². The number of thiazole rings is 1. The predicted octanol–water partition coefficient (Wildman–Crippen LogP) is 2.02. The molecule has 25 heavy (non-hydrogen) atoms. The number of anilines is 1. The van der Waals surface area contributed by atoms with Crippen molar-refractivity contribution in [2.75, 3.05) is 18.4 Å². The molecule has 2 aromatic rings. The Morgan fingerprint density at radius 2 is 2.24 bits per heavy atom. The minimum Gasteiger partial charge on any atom is -0.343 e. The van der Waals surface area contributed by atoms with Gasteiger partial charge in [0, 0.05) is 36.5 Å². The third-order valence-electron chi connectivity index (χ3n) is 4.78. The van der Waals surface area contributed by atoms with Crippen LogP contribution in [0.5, 0.6) is 0 Å². The summed E-state index contributed by atoms with van der Waals surface area (Å²) in [7, 11) is 0. The molecular formula is C18H20N4O2S. The molecule has 0 aliphatic carbocycles. The Balaban J connectivity index is 1.65. The fraction of sp³-hybridized carbons (Fsp3) is 0.389. The molecule has 1 aromatic heterocycles. The number of nitrogens with zero attached hydrogens (tertiary/aromatic N) is 1. The molecule has 3 N–H and O–H groups in total. The Kier molecular flexibility index (Phi) is 4.05. The molecule has 2 aliphatic heterocycles. The number of hydrogen-bond donors (Lipinski definition) is 3. The Bertz CT molecular complexity index is 839. The van der Waals surface area contributed by atoms with E-state index < -0.39 is 5.54 Å². The predicted molar refractivity (Wildman–Crippen MR) is 97.5 cm³/mol. The molecule has 2 amide bonds. The number of rotatable bonds is 3. The van der Waals surface area contributed by atoms with Crippen LogP contribution in [0.1, 0.15) is 30.3 Å². The molecule has 0 spiro atoms. The van der Waals surface area contributed by atoms with Crippen LogP contribution in [0.4, 0.5) is 5.69 Å². The van der Waals surface area contributed by atoms with Crippen LogP contribution in [0.2, 0.25) is 0 Å². The largest absolute Gasteiger partial charge is 0.343 e. The summed E-state index contributed by atoms with van der Waals surface area (Å²) < 4.78 is 0. The standard InChI is InChI=1S/C18H20N4O2S/c1-11(23)22-18(6-7-19-10-18)17-21-15(9-25-17)13-2-4-14-12(8-13)3-5-16(24)20-14/h2,4,8-9,19H,3,5-7,10H2,1H3,(H,20,24)(H,22,23). The van der Waals surface area contributed by atoms with E-state index in [4.69, 9.17) is 4.98 Å². The van der Waals surface area contributed by atoms with Crippen LogP contribution < -0.4 is 16.0 Å². The van der Waals surface area contributed by atoms with Gasteiger partial charge in [-0.2, -0.15) is 0 Å². The topological polar surface area (TPSA) is 83.1 Å². The van der Waals surface area contributed by atoms with Gasteiger partial charge in [0.05, 0.1) is 5.69 Å². The van der Waals surface area contributed by atoms with Gasteiger partial charge in [0.25, 0.3) is 0 Å². The molecule has 3 heterocycles. The van der Waals surface area contributed by atoms with Crippen molar-refractivity contribution in [2.45, 2.75) is 31.7 Å². The third kappa shape index (κ3) is 3.05. The monoisotopic (exact) mass is 356 g/mol. The van der Waals surface area contributed by atoms with E-state index in [0.717, 1.165) is 46.9 Å². The second kappa shape index (κ2) is 6.24. The summed E-state index contributed by atoms with van der Waals surface area (Å²) >= 11 is 1.58. The van der Waals surface area contributed by atoms with E-state index in [1.165, 1.54) is 0 Å². The number of carbonyl (C=O) groups excluding carboxylic acids is 2. The van der Waals surface area contributed by atoms with Gasteiger partial charge in [0.1, 0.15) is 10.5 Å². The maximum atomic E-state index is 11.6. The summed E-state index contributed by atoms with van der Waals surface area (Å²) in [6.45, 7) is 3.12. The number of aryl methyl sites for hydroxylation is 1. The Labute approximate surface area is 150 Å². The Morgan fingerprint density at radius 1 is 1.36 bits per heavy atom. The van der Waals surface area contributed by atoms with Gasteiger partial charge in [-0.1, -0.05) is 6.07 Å². The minimum absolute atomic E-state index is 0.0371. The lowest BCUT2D eigenvalue weighted by molar-refractivity contribution is -0.121. The van der Waals surface area contributed by atoms with Gasteiger partial charge < -0.3 is 16.0 Å². The summed E-state index contributed by atoms with van der Waals surface area (Å²) in [5, 5.41) is 12.3. The highest BCUT2D eigenvalue weighted by atomic mass is 32.1. The van der Waals surface area contributed by atoms with Crippen LogP contribution in [-0.4, -0.2) is 29.9 Å². The van der Waals surface area contributed by atoms with E-state index in [9.17, 15) is 9.59 Å². The Morgan fingerprint density at radius 3 is 3.00 bits per heavy atom. The zero-order valence-corrected chi connectivity index (χ0v) is 14.8. The first-order valence-corrected chi connectivity index (χ1v) is 9.32. The minimum atomic E-state index is -0.406. The van der Waals surface area contributed by atoms with E-state index in [1.807, 2.05) is 17.5 Å². The molecule has 2 aliphatic rings. The van der Waals surface area contributed by atoms with Gasteiger partial charge in [-0.15, -0.1) is 11.3 Å². The molecule has 1 fully saturated rings. The second-order valence-corrected chi connectivity index (χ2v) is 7.51. The van der Waals surface area contributed by atoms with Gasteiger partial charge in [-0.25, -0.2) is 4.98 Å². The van der Waals surface area contributed by atoms with Crippen molar-refractivity contribution in [3.05, 3.63) is 34.2 Å². The SMILES string of the molecule is CC(=O)NC1(c2nc(-c3ccc4c(c3)CCC(=O)N4)cs2)CCNC1. The molecule has 0 saturated carbocycles. The quantitative estimate of drug-likeness (QED) is 0.786. The van der Waals surface area contributed by atoms with Gasteiger partial charge >= 0.3 is 0 Å². The number of benzene rings is 1. The van der Waals surface area contributed by atoms with Crippen LogP contribution in [0.3, 0.4) is 0 Å². The summed E-state index contributed by atoms with van der Waals surface area (Å²) in [5.74, 6) is 0.0344. The molecule has 0 bridgehead atoms. The van der Waals surface area contributed by atoms with E-state index in [0.29, 0.717) is 13.0 Å². The first-order valence-electron chi connectivity index (χ1n) is 8.44. The number of amides is 2. The number of nitrogens with one attached hydrogen (secondary N) is 3. The van der Waals surface area contributed by atoms with Crippen molar-refractivity contribution in [2.24, 2.45) is 0 Å². The lowest BCUT2D eigenvalue weighted by Gasteiger charge is -2.26. The Hall–Kier alpha value is -2.25. The molecule has 1 saturated heterocycles. The molecule has 130 valence electrons. The first kappa shape index (κ1) is 16.2. The van der Waals surface area contributed by atoms with Gasteiger partial charge in [0.2, 0.25) is 11.8 Å². The highest BCUT2D eigenvalue weighted by molar-refractivity contribution is 7.10. The van der Waals surface area contributed by atoms with Gasteiger partial charge in [-0.05, 0) is 37.1 Å². The molecule has 0 radical (unpaired) electrons. The van der Waals surface area contributed by atoms with Crippen LogP contribution in [0.15, 0.2) is 23.6 Å². The zero-order chi connectivity index (χ0) is 17.4. The van der Waals surface area contributed by atoms with Crippen LogP contribution in [-0.2, 0) is 21.5 Å². The number of hydrogen-bond acceptors (Lipinski definition) is 5. The number of carbonyl (C=O) groups is 2. The molecule has 7 heteroatoms. The summed E-state index contributed by atoms with van der Waals surface area (Å²) in [5.41, 5.74) is 3.59. The zero-order valence-electron chi connectivity index (χ0n) is 14.0. The fourth-order valence-electron chi connectivity index (χ4n) is 3.54. The fourth-order valence-corrected chi connectivity index (χ4v) is 4.55. The molecule has 1 atom stereocenters. The third-order valence-corrected chi connectivity index (χ3v) is 5.83. The maximum Gasteiger partial charge on any atom is 0.224 e. The highest BCUT2D eigenvalue weighted by Crippen LogP contribution is 2.34. The van der Waals surface area contributed by atoms with Crippen LogP contribution in [0, 0.1) is 0 Å². The summed E-state index contributed by atoms with van der Waals surface area (Å²) in [6.07, 6.45) is 2.12. The molecule has 1 unspecified atom stereocenters. The van der Waals surface area contributed by atoms with Crippen molar-refractivity contribution in [3.8, 4) is 11.3 Å². The normalized spacial score (nSPS) is 22.4. The van der Waals surface area contributed by atoms with Crippen molar-refractivity contribution < 1.29 is 9.59 Å². The summed E-state index contributed by atoms with van der Waals surface area (Å²) in [6, 6.07) is 6.04. The van der Waals surface area contributed by atoms with E-state index in [2.05, 4.69) is 22.0 Å². The van der Waals surface area contributed by atoms with Crippen LogP contribution in [0.25, 0.3) is 11.3 Å². The molecule has 1 aromatic carbocycles.